The van der Waals surface area contributed by atoms with Gasteiger partial charge in [-0.25, -0.2) is 4.99 Å². The molecular formula is C31H43N3O3. The van der Waals surface area contributed by atoms with Crippen LogP contribution in [0.1, 0.15) is 89.3 Å². The van der Waals surface area contributed by atoms with Gasteiger partial charge >= 0.3 is 5.97 Å². The summed E-state index contributed by atoms with van der Waals surface area (Å²) < 4.78 is 11.2. The molecule has 1 N–H and O–H groups in total. The smallest absolute Gasteiger partial charge is 0.306 e. The molecule has 1 fully saturated rings. The van der Waals surface area contributed by atoms with E-state index in [2.05, 4.69) is 61.3 Å². The van der Waals surface area contributed by atoms with Crippen LogP contribution >= 0.6 is 0 Å². The molecule has 0 spiro atoms. The van der Waals surface area contributed by atoms with Crippen molar-refractivity contribution in [2.45, 2.75) is 84.2 Å². The van der Waals surface area contributed by atoms with Gasteiger partial charge in [-0.3, -0.25) is 4.79 Å². The van der Waals surface area contributed by atoms with Crippen LogP contribution in [0.4, 0.5) is 11.4 Å². The first-order chi connectivity index (χ1) is 17.9. The van der Waals surface area contributed by atoms with Crippen LogP contribution in [0.2, 0.25) is 0 Å². The van der Waals surface area contributed by atoms with Crippen LogP contribution in [0.5, 0.6) is 0 Å². The average molecular weight is 506 g/mol. The molecule has 1 aliphatic heterocycles. The van der Waals surface area contributed by atoms with Crippen molar-refractivity contribution in [3.63, 3.8) is 0 Å². The fraction of sp³-hybridized carbons (Fsp3) is 0.548. The number of benzene rings is 2. The molecule has 4 rings (SSSR count). The van der Waals surface area contributed by atoms with Crippen molar-refractivity contribution in [2.24, 2.45) is 10.9 Å². The molecule has 200 valence electrons. The van der Waals surface area contributed by atoms with E-state index in [1.807, 2.05) is 25.1 Å². The Morgan fingerprint density at radius 3 is 2.57 bits per heavy atom. The van der Waals surface area contributed by atoms with Crippen molar-refractivity contribution < 1.29 is 14.3 Å². The van der Waals surface area contributed by atoms with Gasteiger partial charge < -0.3 is 19.7 Å². The number of rotatable bonds is 10. The molecule has 6 nitrogen and oxygen atoms in total. The van der Waals surface area contributed by atoms with Gasteiger partial charge in [-0.15, -0.1) is 0 Å². The zero-order valence-electron chi connectivity index (χ0n) is 22.9. The van der Waals surface area contributed by atoms with E-state index in [9.17, 15) is 4.79 Å². The number of aliphatic imine (C=N–C) groups is 1. The van der Waals surface area contributed by atoms with Crippen LogP contribution < -0.4 is 10.2 Å². The number of amidine groups is 1. The quantitative estimate of drug-likeness (QED) is 0.350. The monoisotopic (exact) mass is 505 g/mol. The number of nitrogens with zero attached hydrogens (tertiary/aromatic N) is 2. The van der Waals surface area contributed by atoms with Crippen molar-refractivity contribution in [1.29, 1.82) is 0 Å². The Morgan fingerprint density at radius 1 is 1.11 bits per heavy atom. The second-order valence-electron chi connectivity index (χ2n) is 10.8. The Kier molecular flexibility index (Phi) is 9.48. The van der Waals surface area contributed by atoms with Gasteiger partial charge in [0.05, 0.1) is 24.4 Å². The number of carbonyl (C=O) groups excluding carboxylic acids is 1. The molecule has 2 aromatic rings. The number of hydrogen-bond donors (Lipinski definition) is 1. The lowest BCUT2D eigenvalue weighted by molar-refractivity contribution is -0.143. The predicted octanol–water partition coefficient (Wildman–Crippen LogP) is 7.08. The first-order valence-corrected chi connectivity index (χ1v) is 14.0. The molecule has 0 radical (unpaired) electrons. The Balaban J connectivity index is 1.65. The van der Waals surface area contributed by atoms with E-state index in [0.717, 1.165) is 23.4 Å². The van der Waals surface area contributed by atoms with E-state index >= 15 is 0 Å². The molecule has 0 bridgehead atoms. The molecule has 1 saturated carbocycles. The predicted molar refractivity (Wildman–Crippen MR) is 151 cm³/mol. The highest BCUT2D eigenvalue weighted by Gasteiger charge is 2.27. The Hall–Kier alpha value is -3.02. The fourth-order valence-electron chi connectivity index (χ4n) is 5.43. The van der Waals surface area contributed by atoms with Gasteiger partial charge in [0.25, 0.3) is 6.02 Å². The summed E-state index contributed by atoms with van der Waals surface area (Å²) in [5.41, 5.74) is 4.43. The highest BCUT2D eigenvalue weighted by atomic mass is 16.5. The van der Waals surface area contributed by atoms with Gasteiger partial charge in [0.15, 0.2) is 0 Å². The number of carbonyl (C=O) groups is 1. The largest absolute Gasteiger partial charge is 0.466 e. The van der Waals surface area contributed by atoms with Gasteiger partial charge in [0.2, 0.25) is 0 Å². The van der Waals surface area contributed by atoms with E-state index in [4.69, 9.17) is 14.5 Å². The van der Waals surface area contributed by atoms with Crippen molar-refractivity contribution in [3.8, 4) is 0 Å². The zero-order valence-corrected chi connectivity index (χ0v) is 22.9. The molecule has 2 atom stereocenters. The Morgan fingerprint density at radius 2 is 1.86 bits per heavy atom. The normalized spacial score (nSPS) is 18.7. The number of esters is 1. The second-order valence-corrected chi connectivity index (χ2v) is 10.8. The third-order valence-corrected chi connectivity index (χ3v) is 7.33. The van der Waals surface area contributed by atoms with E-state index in [0.29, 0.717) is 37.6 Å². The standard InChI is InChI=1S/C31H43N3O3/c1-5-36-30(35)18-23(4)25-16-17-29(34(20-22(2)3)26-14-10-7-11-15-26)27(19-25)32-31-33-28(21-37-31)24-12-8-6-9-13-24/h6,8-9,12-13,16-17,19,22-23,26,28H,5,7,10-11,14-15,18,20-21H2,1-4H3,(H,32,33). The first kappa shape index (κ1) is 27.0. The van der Waals surface area contributed by atoms with Gasteiger partial charge in [0.1, 0.15) is 12.6 Å². The molecule has 2 unspecified atom stereocenters. The highest BCUT2D eigenvalue weighted by molar-refractivity contribution is 5.94. The maximum absolute atomic E-state index is 12.2. The third-order valence-electron chi connectivity index (χ3n) is 7.33. The van der Waals surface area contributed by atoms with E-state index in [1.165, 1.54) is 37.8 Å². The highest BCUT2D eigenvalue weighted by Crippen LogP contribution is 2.36. The molecule has 0 amide bonds. The van der Waals surface area contributed by atoms with Gasteiger partial charge in [0, 0.05) is 12.6 Å². The lowest BCUT2D eigenvalue weighted by Crippen LogP contribution is -2.40. The minimum atomic E-state index is -0.161. The third kappa shape index (κ3) is 7.27. The van der Waals surface area contributed by atoms with Crippen LogP contribution in [0.15, 0.2) is 53.5 Å². The van der Waals surface area contributed by atoms with Crippen LogP contribution in [0, 0.1) is 5.92 Å². The van der Waals surface area contributed by atoms with Gasteiger partial charge in [-0.05, 0) is 54.9 Å². The van der Waals surface area contributed by atoms with Crippen LogP contribution in [-0.2, 0) is 14.3 Å². The van der Waals surface area contributed by atoms with Crippen molar-refractivity contribution >= 4 is 23.4 Å². The van der Waals surface area contributed by atoms with E-state index in [-0.39, 0.29) is 17.9 Å². The van der Waals surface area contributed by atoms with E-state index in [1.54, 1.807) is 0 Å². The van der Waals surface area contributed by atoms with Gasteiger partial charge in [-0.2, -0.15) is 0 Å². The molecule has 6 heteroatoms. The number of anilines is 2. The van der Waals surface area contributed by atoms with E-state index < -0.39 is 0 Å². The van der Waals surface area contributed by atoms with Crippen molar-refractivity contribution in [1.82, 2.24) is 0 Å². The number of nitrogens with one attached hydrogen (secondary N) is 1. The molecule has 1 heterocycles. The topological polar surface area (TPSA) is 63.2 Å². The molecule has 2 aliphatic rings. The Bertz CT molecular complexity index is 1050. The van der Waals surface area contributed by atoms with Crippen LogP contribution in [-0.4, -0.2) is 37.8 Å². The first-order valence-electron chi connectivity index (χ1n) is 14.0. The lowest BCUT2D eigenvalue weighted by Gasteiger charge is -2.38. The SMILES string of the molecule is CCOC(=O)CC(C)c1ccc(N(CC(C)C)C2CCCCC2)c(NC2=NC(c3ccccc3)CO2)c1. The summed E-state index contributed by atoms with van der Waals surface area (Å²) in [5, 5.41) is 3.55. The molecular weight excluding hydrogens is 462 g/mol. The summed E-state index contributed by atoms with van der Waals surface area (Å²) in [7, 11) is 0. The Labute approximate surface area is 222 Å². The fourth-order valence-corrected chi connectivity index (χ4v) is 5.43. The summed E-state index contributed by atoms with van der Waals surface area (Å²) in [6.45, 7) is 10.4. The molecule has 1 aliphatic carbocycles. The molecule has 0 saturated heterocycles. The van der Waals surface area contributed by atoms with Crippen LogP contribution in [0.25, 0.3) is 0 Å². The second kappa shape index (κ2) is 13.0. The summed E-state index contributed by atoms with van der Waals surface area (Å²) >= 11 is 0. The van der Waals surface area contributed by atoms with Crippen LogP contribution in [0.3, 0.4) is 0 Å². The maximum atomic E-state index is 12.2. The molecule has 0 aromatic heterocycles. The maximum Gasteiger partial charge on any atom is 0.306 e. The van der Waals surface area contributed by atoms with Crippen molar-refractivity contribution in [3.05, 3.63) is 59.7 Å². The molecule has 2 aromatic carbocycles. The summed E-state index contributed by atoms with van der Waals surface area (Å²) in [4.78, 5) is 19.6. The minimum absolute atomic E-state index is 0.0109. The van der Waals surface area contributed by atoms with Crippen molar-refractivity contribution in [2.75, 3.05) is 30.0 Å². The average Bonchev–Trinajstić information content (AvgIpc) is 3.37. The summed E-state index contributed by atoms with van der Waals surface area (Å²) in [6, 6.07) is 17.9. The number of ether oxygens (including phenoxy) is 2. The van der Waals surface area contributed by atoms with Gasteiger partial charge in [-0.1, -0.05) is 76.4 Å². The number of hydrogen-bond acceptors (Lipinski definition) is 6. The summed E-state index contributed by atoms with van der Waals surface area (Å²) in [5.74, 6) is 0.427. The minimum Gasteiger partial charge on any atom is -0.466 e. The lowest BCUT2D eigenvalue weighted by atomic mass is 9.92. The summed E-state index contributed by atoms with van der Waals surface area (Å²) in [6.07, 6.45) is 6.70. The zero-order chi connectivity index (χ0) is 26.2. The molecule has 37 heavy (non-hydrogen) atoms.